The first-order valence-electron chi connectivity index (χ1n) is 9.17. The van der Waals surface area contributed by atoms with Crippen molar-refractivity contribution in [1.82, 2.24) is 4.31 Å². The third-order valence-corrected chi connectivity index (χ3v) is 6.95. The van der Waals surface area contributed by atoms with Crippen LogP contribution in [0.2, 0.25) is 0 Å². The van der Waals surface area contributed by atoms with Gasteiger partial charge in [-0.3, -0.25) is 0 Å². The Morgan fingerprint density at radius 3 is 2.36 bits per heavy atom. The van der Waals surface area contributed by atoms with E-state index in [2.05, 4.69) is 0 Å². The molecule has 2 atom stereocenters. The van der Waals surface area contributed by atoms with Crippen molar-refractivity contribution in [1.29, 1.82) is 10.5 Å². The lowest BCUT2D eigenvalue weighted by Gasteiger charge is -2.27. The first-order chi connectivity index (χ1) is 15.4. The van der Waals surface area contributed by atoms with E-state index in [0.29, 0.717) is 22.5 Å². The summed E-state index contributed by atoms with van der Waals surface area (Å²) in [5, 5.41) is 38.3. The highest BCUT2D eigenvalue weighted by Gasteiger charge is 2.51. The minimum atomic E-state index is -4.80. The van der Waals surface area contributed by atoms with E-state index < -0.39 is 69.4 Å². The molecule has 0 amide bonds. The highest BCUT2D eigenvalue weighted by atomic mass is 32.2. The van der Waals surface area contributed by atoms with E-state index in [-0.39, 0.29) is 11.3 Å². The van der Waals surface area contributed by atoms with Crippen LogP contribution in [-0.2, 0) is 16.2 Å². The van der Waals surface area contributed by atoms with Crippen LogP contribution in [0, 0.1) is 28.5 Å². The summed E-state index contributed by atoms with van der Waals surface area (Å²) in [4.78, 5) is -0.719. The first-order valence-corrected chi connectivity index (χ1v) is 10.6. The quantitative estimate of drug-likeness (QED) is 0.617. The zero-order chi connectivity index (χ0) is 24.6. The lowest BCUT2D eigenvalue weighted by Crippen LogP contribution is -2.48. The molecule has 2 aromatic rings. The number of aliphatic hydroxyl groups excluding tert-OH is 1. The summed E-state index contributed by atoms with van der Waals surface area (Å²) in [5.41, 5.74) is -4.39. The maximum Gasteiger partial charge on any atom is 0.416 e. The summed E-state index contributed by atoms with van der Waals surface area (Å²) in [6, 6.07) is 7.73. The fourth-order valence-electron chi connectivity index (χ4n) is 3.29. The maximum absolute atomic E-state index is 13.9. The number of benzene rings is 2. The molecule has 0 unspecified atom stereocenters. The van der Waals surface area contributed by atoms with Gasteiger partial charge < -0.3 is 14.9 Å². The predicted octanol–water partition coefficient (Wildman–Crippen LogP) is 1.76. The average molecular weight is 485 g/mol. The number of ether oxygens (including phenoxy) is 1. The molecule has 3 rings (SSSR count). The van der Waals surface area contributed by atoms with Gasteiger partial charge in [0.1, 0.15) is 35.4 Å². The van der Waals surface area contributed by atoms with E-state index in [1.165, 1.54) is 12.1 Å². The van der Waals surface area contributed by atoms with Crippen molar-refractivity contribution < 1.29 is 40.9 Å². The topological polar surface area (TPSA) is 135 Å². The second kappa shape index (κ2) is 8.61. The Hall–Kier alpha value is -3.23. The van der Waals surface area contributed by atoms with Gasteiger partial charge >= 0.3 is 6.18 Å². The van der Waals surface area contributed by atoms with Crippen molar-refractivity contribution in [3.8, 4) is 17.9 Å². The molecule has 0 aliphatic carbocycles. The number of sulfonamides is 1. The molecular weight excluding hydrogens is 470 g/mol. The number of alkyl halides is 3. The van der Waals surface area contributed by atoms with E-state index in [1.54, 1.807) is 6.07 Å². The van der Waals surface area contributed by atoms with Crippen LogP contribution in [0.15, 0.2) is 41.3 Å². The molecule has 0 aromatic heterocycles. The highest BCUT2D eigenvalue weighted by Crippen LogP contribution is 2.35. The number of aliphatic hydroxyl groups is 2. The Bertz CT molecular complexity index is 1270. The molecule has 0 spiro atoms. The van der Waals surface area contributed by atoms with Crippen LogP contribution in [-0.4, -0.2) is 54.3 Å². The van der Waals surface area contributed by atoms with Gasteiger partial charge in [0.2, 0.25) is 10.0 Å². The van der Waals surface area contributed by atoms with Gasteiger partial charge in [0, 0.05) is 12.6 Å². The van der Waals surface area contributed by atoms with Gasteiger partial charge in [0.15, 0.2) is 0 Å². The summed E-state index contributed by atoms with van der Waals surface area (Å²) in [6.45, 7) is -2.23. The molecule has 8 nitrogen and oxygen atoms in total. The van der Waals surface area contributed by atoms with E-state index in [9.17, 15) is 41.5 Å². The molecule has 2 aromatic carbocycles. The minimum Gasteiger partial charge on any atom is -0.486 e. The summed E-state index contributed by atoms with van der Waals surface area (Å²) >= 11 is 0. The second-order valence-electron chi connectivity index (χ2n) is 7.24. The molecule has 1 aliphatic rings. The molecule has 1 saturated heterocycles. The fourth-order valence-corrected chi connectivity index (χ4v) is 4.92. The predicted molar refractivity (Wildman–Crippen MR) is 102 cm³/mol. The molecule has 0 radical (unpaired) electrons. The van der Waals surface area contributed by atoms with Crippen LogP contribution < -0.4 is 4.74 Å². The van der Waals surface area contributed by atoms with E-state index in [1.807, 2.05) is 0 Å². The van der Waals surface area contributed by atoms with E-state index in [0.717, 1.165) is 12.1 Å². The van der Waals surface area contributed by atoms with Crippen LogP contribution in [0.3, 0.4) is 0 Å². The van der Waals surface area contributed by atoms with Crippen molar-refractivity contribution in [2.24, 2.45) is 0 Å². The van der Waals surface area contributed by atoms with Crippen LogP contribution in [0.25, 0.3) is 0 Å². The average Bonchev–Trinajstić information content (AvgIpc) is 3.10. The number of rotatable bonds is 5. The van der Waals surface area contributed by atoms with Crippen molar-refractivity contribution in [2.75, 3.05) is 19.7 Å². The maximum atomic E-state index is 13.9. The van der Waals surface area contributed by atoms with Gasteiger partial charge in [0.25, 0.3) is 0 Å². The number of halogens is 4. The molecular formula is C20H15F4N3O5S. The van der Waals surface area contributed by atoms with Crippen molar-refractivity contribution in [3.63, 3.8) is 0 Å². The van der Waals surface area contributed by atoms with Crippen molar-refractivity contribution in [2.45, 2.75) is 22.8 Å². The van der Waals surface area contributed by atoms with E-state index in [4.69, 9.17) is 10.00 Å². The highest BCUT2D eigenvalue weighted by molar-refractivity contribution is 7.89. The van der Waals surface area contributed by atoms with Gasteiger partial charge in [-0.2, -0.15) is 28.0 Å². The van der Waals surface area contributed by atoms with Gasteiger partial charge in [-0.25, -0.2) is 12.8 Å². The second-order valence-corrected chi connectivity index (χ2v) is 9.15. The summed E-state index contributed by atoms with van der Waals surface area (Å²) in [6.07, 6.45) is -6.20. The molecule has 2 N–H and O–H groups in total. The molecule has 33 heavy (non-hydrogen) atoms. The smallest absolute Gasteiger partial charge is 0.416 e. The monoisotopic (exact) mass is 485 g/mol. The Labute approximate surface area is 185 Å². The zero-order valence-corrected chi connectivity index (χ0v) is 17.4. The number of β-amino-alcohol motifs (C(OH)–C–C–N with tert-alkyl or cyclic N) is 1. The van der Waals surface area contributed by atoms with Crippen LogP contribution >= 0.6 is 0 Å². The van der Waals surface area contributed by atoms with Gasteiger partial charge in [-0.1, -0.05) is 0 Å². The van der Waals surface area contributed by atoms with Gasteiger partial charge in [-0.05, 0) is 30.3 Å². The third kappa shape index (κ3) is 4.62. The van der Waals surface area contributed by atoms with Gasteiger partial charge in [0.05, 0.1) is 34.7 Å². The standard InChI is InChI=1S/C20H15F4N3O5S/c21-16-6-15(3-1-12(16)7-25)32-18-9-27(10-19(18,29)11-28)33(30,31)17-4-2-14(20(22,23)24)5-13(17)8-26/h1-6,18,28-29H,9-11H2/t18-,19-/m0/s1. The number of nitrogens with zero attached hydrogens (tertiary/aromatic N) is 3. The molecule has 174 valence electrons. The summed E-state index contributed by atoms with van der Waals surface area (Å²) < 4.78 is 84.9. The molecule has 1 heterocycles. The lowest BCUT2D eigenvalue weighted by molar-refractivity contribution is -0.137. The van der Waals surface area contributed by atoms with Crippen LogP contribution in [0.4, 0.5) is 17.6 Å². The molecule has 13 heteroatoms. The largest absolute Gasteiger partial charge is 0.486 e. The molecule has 1 aliphatic heterocycles. The Morgan fingerprint density at radius 1 is 1.15 bits per heavy atom. The third-order valence-electron chi connectivity index (χ3n) is 5.08. The number of nitriles is 2. The van der Waals surface area contributed by atoms with Crippen LogP contribution in [0.5, 0.6) is 5.75 Å². The Morgan fingerprint density at radius 2 is 1.82 bits per heavy atom. The van der Waals surface area contributed by atoms with Crippen LogP contribution in [0.1, 0.15) is 16.7 Å². The molecule has 1 fully saturated rings. The van der Waals surface area contributed by atoms with E-state index >= 15 is 0 Å². The van der Waals surface area contributed by atoms with Crippen molar-refractivity contribution in [3.05, 3.63) is 58.9 Å². The van der Waals surface area contributed by atoms with Crippen molar-refractivity contribution >= 4 is 10.0 Å². The zero-order valence-electron chi connectivity index (χ0n) is 16.5. The molecule has 0 saturated carbocycles. The summed E-state index contributed by atoms with van der Waals surface area (Å²) in [5.74, 6) is -1.08. The minimum absolute atomic E-state index is 0.158. The molecule has 0 bridgehead atoms. The number of hydrogen-bond donors (Lipinski definition) is 2. The summed E-state index contributed by atoms with van der Waals surface area (Å²) in [7, 11) is -4.59. The van der Waals surface area contributed by atoms with Gasteiger partial charge in [-0.15, -0.1) is 0 Å². The number of hydrogen-bond acceptors (Lipinski definition) is 7. The normalized spacial score (nSPS) is 21.4. The lowest BCUT2D eigenvalue weighted by atomic mass is 10.0. The Kier molecular flexibility index (Phi) is 6.37. The SMILES string of the molecule is N#Cc1ccc(O[C@H]2CN(S(=O)(=O)c3ccc(C(F)(F)F)cc3C#N)C[C@]2(O)CO)cc1F. The first kappa shape index (κ1) is 24.4. The fraction of sp³-hybridized carbons (Fsp3) is 0.300. The Balaban J connectivity index is 1.94.